The van der Waals surface area contributed by atoms with Crippen LogP contribution in [-0.4, -0.2) is 68.0 Å². The summed E-state index contributed by atoms with van der Waals surface area (Å²) < 4.78 is 45.2. The first kappa shape index (κ1) is 20.9. The standard InChI is InChI=1S/C21H23FN2O5S/c22-18-6-8-19(9-7-18)30(27,28)24-11-1-10-23(12-13-24)20(25)16-2-4-17(5-3-16)21(26)14-29-15-21/h2-9,26H,1,10-15H2. The fourth-order valence-corrected chi connectivity index (χ4v) is 5.13. The van der Waals surface area contributed by atoms with Crippen LogP contribution < -0.4 is 0 Å². The van der Waals surface area contributed by atoms with Gasteiger partial charge in [0.25, 0.3) is 5.91 Å². The van der Waals surface area contributed by atoms with Crippen LogP contribution in [0.25, 0.3) is 0 Å². The van der Waals surface area contributed by atoms with Crippen LogP contribution in [0.4, 0.5) is 4.39 Å². The number of aliphatic hydroxyl groups is 1. The summed E-state index contributed by atoms with van der Waals surface area (Å²) in [6, 6.07) is 11.5. The molecule has 2 fully saturated rings. The minimum Gasteiger partial charge on any atom is -0.380 e. The van der Waals surface area contributed by atoms with Crippen molar-refractivity contribution in [1.29, 1.82) is 0 Å². The van der Waals surface area contributed by atoms with Crippen molar-refractivity contribution in [1.82, 2.24) is 9.21 Å². The number of sulfonamides is 1. The summed E-state index contributed by atoms with van der Waals surface area (Å²) in [5.74, 6) is -0.677. The molecule has 2 aliphatic heterocycles. The predicted octanol–water partition coefficient (Wildman–Crippen LogP) is 1.58. The Kier molecular flexibility index (Phi) is 5.63. The number of hydrogen-bond acceptors (Lipinski definition) is 5. The Morgan fingerprint density at radius 2 is 1.63 bits per heavy atom. The fraction of sp³-hybridized carbons (Fsp3) is 0.381. The van der Waals surface area contributed by atoms with Crippen LogP contribution in [0.5, 0.6) is 0 Å². The monoisotopic (exact) mass is 434 g/mol. The third-order valence-electron chi connectivity index (χ3n) is 5.54. The first-order valence-electron chi connectivity index (χ1n) is 9.75. The van der Waals surface area contributed by atoms with E-state index in [1.807, 2.05) is 0 Å². The molecule has 1 amide bonds. The molecule has 1 N–H and O–H groups in total. The van der Waals surface area contributed by atoms with E-state index < -0.39 is 21.4 Å². The van der Waals surface area contributed by atoms with Crippen LogP contribution in [0.3, 0.4) is 0 Å². The van der Waals surface area contributed by atoms with Crippen LogP contribution in [0.15, 0.2) is 53.4 Å². The molecule has 2 aromatic rings. The lowest BCUT2D eigenvalue weighted by molar-refractivity contribution is -0.184. The van der Waals surface area contributed by atoms with Gasteiger partial charge >= 0.3 is 0 Å². The van der Waals surface area contributed by atoms with E-state index in [1.165, 1.54) is 16.4 Å². The average Bonchev–Trinajstić information content (AvgIpc) is 2.99. The number of hydrogen-bond donors (Lipinski definition) is 1. The SMILES string of the molecule is O=C(c1ccc(C2(O)COC2)cc1)N1CCCN(S(=O)(=O)c2ccc(F)cc2)CC1. The molecule has 4 rings (SSSR count). The van der Waals surface area contributed by atoms with Gasteiger partial charge in [0.05, 0.1) is 18.1 Å². The Morgan fingerprint density at radius 1 is 0.967 bits per heavy atom. The Hall–Kier alpha value is -2.33. The van der Waals surface area contributed by atoms with Crippen molar-refractivity contribution in [3.63, 3.8) is 0 Å². The Morgan fingerprint density at radius 3 is 2.23 bits per heavy atom. The highest BCUT2D eigenvalue weighted by atomic mass is 32.2. The van der Waals surface area contributed by atoms with Gasteiger partial charge in [0.15, 0.2) is 0 Å². The molecule has 2 heterocycles. The third-order valence-corrected chi connectivity index (χ3v) is 7.46. The quantitative estimate of drug-likeness (QED) is 0.790. The van der Waals surface area contributed by atoms with Crippen molar-refractivity contribution in [3.05, 3.63) is 65.5 Å². The minimum absolute atomic E-state index is 0.0390. The van der Waals surface area contributed by atoms with E-state index in [0.717, 1.165) is 12.1 Å². The predicted molar refractivity (Wildman–Crippen MR) is 107 cm³/mol. The average molecular weight is 434 g/mol. The van der Waals surface area contributed by atoms with Gasteiger partial charge in [-0.1, -0.05) is 12.1 Å². The third kappa shape index (κ3) is 3.98. The number of rotatable bonds is 4. The maximum Gasteiger partial charge on any atom is 0.253 e. The number of ether oxygens (including phenoxy) is 1. The molecule has 0 aliphatic carbocycles. The van der Waals surface area contributed by atoms with Gasteiger partial charge in [-0.25, -0.2) is 12.8 Å². The van der Waals surface area contributed by atoms with Gasteiger partial charge in [-0.2, -0.15) is 4.31 Å². The van der Waals surface area contributed by atoms with Gasteiger partial charge < -0.3 is 14.7 Å². The first-order valence-corrected chi connectivity index (χ1v) is 11.2. The summed E-state index contributed by atoms with van der Waals surface area (Å²) in [5, 5.41) is 10.3. The van der Waals surface area contributed by atoms with E-state index in [0.29, 0.717) is 24.1 Å². The Bertz CT molecular complexity index is 1020. The lowest BCUT2D eigenvalue weighted by atomic mass is 9.91. The van der Waals surface area contributed by atoms with Crippen molar-refractivity contribution in [2.75, 3.05) is 39.4 Å². The van der Waals surface area contributed by atoms with Crippen LogP contribution in [0.2, 0.25) is 0 Å². The highest BCUT2D eigenvalue weighted by Crippen LogP contribution is 2.29. The summed E-state index contributed by atoms with van der Waals surface area (Å²) in [6.45, 7) is 1.64. The van der Waals surface area contributed by atoms with E-state index in [1.54, 1.807) is 29.2 Å². The molecule has 2 aliphatic rings. The first-order chi connectivity index (χ1) is 14.3. The van der Waals surface area contributed by atoms with E-state index in [2.05, 4.69) is 0 Å². The summed E-state index contributed by atoms with van der Waals surface area (Å²) in [6.07, 6.45) is 0.501. The summed E-state index contributed by atoms with van der Waals surface area (Å²) in [7, 11) is -3.75. The molecule has 9 heteroatoms. The number of halogens is 1. The second kappa shape index (κ2) is 8.07. The molecule has 2 aromatic carbocycles. The summed E-state index contributed by atoms with van der Waals surface area (Å²) in [5.41, 5.74) is 0.203. The van der Waals surface area contributed by atoms with Crippen LogP contribution in [-0.2, 0) is 20.4 Å². The molecule has 0 bridgehead atoms. The molecule has 0 unspecified atom stereocenters. The van der Waals surface area contributed by atoms with Gasteiger partial charge in [-0.05, 0) is 48.4 Å². The molecular weight excluding hydrogens is 411 g/mol. The molecule has 160 valence electrons. The Balaban J connectivity index is 1.43. The molecule has 0 aromatic heterocycles. The van der Waals surface area contributed by atoms with Gasteiger partial charge in [0.2, 0.25) is 10.0 Å². The minimum atomic E-state index is -3.75. The van der Waals surface area contributed by atoms with Crippen molar-refractivity contribution < 1.29 is 27.4 Å². The van der Waals surface area contributed by atoms with Gasteiger partial charge in [-0.15, -0.1) is 0 Å². The molecule has 30 heavy (non-hydrogen) atoms. The van der Waals surface area contributed by atoms with Gasteiger partial charge in [0, 0.05) is 31.7 Å². The zero-order chi connectivity index (χ0) is 21.4. The summed E-state index contributed by atoms with van der Waals surface area (Å²) in [4.78, 5) is 14.6. The second-order valence-corrected chi connectivity index (χ2v) is 9.54. The lowest BCUT2D eigenvalue weighted by Crippen LogP contribution is -2.46. The van der Waals surface area contributed by atoms with E-state index in [9.17, 15) is 22.7 Å². The Labute approximate surface area is 174 Å². The smallest absolute Gasteiger partial charge is 0.253 e. The van der Waals surface area contributed by atoms with Crippen molar-refractivity contribution in [2.45, 2.75) is 16.9 Å². The largest absolute Gasteiger partial charge is 0.380 e. The molecule has 0 saturated carbocycles. The highest BCUT2D eigenvalue weighted by molar-refractivity contribution is 7.89. The lowest BCUT2D eigenvalue weighted by Gasteiger charge is -2.36. The molecular formula is C21H23FN2O5S. The maximum absolute atomic E-state index is 13.1. The highest BCUT2D eigenvalue weighted by Gasteiger charge is 2.38. The summed E-state index contributed by atoms with van der Waals surface area (Å²) >= 11 is 0. The number of amides is 1. The van der Waals surface area contributed by atoms with E-state index >= 15 is 0 Å². The molecule has 0 radical (unpaired) electrons. The zero-order valence-electron chi connectivity index (χ0n) is 16.3. The normalized spacial score (nSPS) is 19.7. The van der Waals surface area contributed by atoms with Crippen molar-refractivity contribution in [3.8, 4) is 0 Å². The van der Waals surface area contributed by atoms with E-state index in [-0.39, 0.29) is 43.7 Å². The van der Waals surface area contributed by atoms with Crippen LogP contribution >= 0.6 is 0 Å². The fourth-order valence-electron chi connectivity index (χ4n) is 3.66. The number of benzene rings is 2. The topological polar surface area (TPSA) is 87.2 Å². The van der Waals surface area contributed by atoms with Crippen molar-refractivity contribution >= 4 is 15.9 Å². The van der Waals surface area contributed by atoms with Gasteiger partial charge in [-0.3, -0.25) is 4.79 Å². The molecule has 7 nitrogen and oxygen atoms in total. The molecule has 0 atom stereocenters. The number of nitrogens with zero attached hydrogens (tertiary/aromatic N) is 2. The number of carbonyl (C=O) groups is 1. The van der Waals surface area contributed by atoms with E-state index in [4.69, 9.17) is 4.74 Å². The second-order valence-electron chi connectivity index (χ2n) is 7.61. The van der Waals surface area contributed by atoms with Crippen molar-refractivity contribution in [2.24, 2.45) is 0 Å². The zero-order valence-corrected chi connectivity index (χ0v) is 17.1. The maximum atomic E-state index is 13.1. The number of carbonyl (C=O) groups excluding carboxylic acids is 1. The molecule has 2 saturated heterocycles. The van der Waals surface area contributed by atoms with Crippen LogP contribution in [0, 0.1) is 5.82 Å². The molecule has 0 spiro atoms. The van der Waals surface area contributed by atoms with Crippen LogP contribution in [0.1, 0.15) is 22.3 Å². The van der Waals surface area contributed by atoms with Gasteiger partial charge in [0.1, 0.15) is 11.4 Å².